The van der Waals surface area contributed by atoms with Gasteiger partial charge in [-0.3, -0.25) is 9.79 Å². The average molecular weight is 354 g/mol. The fourth-order valence-corrected chi connectivity index (χ4v) is 5.24. The van der Waals surface area contributed by atoms with Gasteiger partial charge in [-0.1, -0.05) is 24.3 Å². The van der Waals surface area contributed by atoms with Gasteiger partial charge < -0.3 is 16.0 Å². The van der Waals surface area contributed by atoms with E-state index in [4.69, 9.17) is 5.73 Å². The summed E-state index contributed by atoms with van der Waals surface area (Å²) in [4.78, 5) is 18.0. The quantitative estimate of drug-likeness (QED) is 0.643. The van der Waals surface area contributed by atoms with Gasteiger partial charge in [0.05, 0.1) is 0 Å². The van der Waals surface area contributed by atoms with Crippen LogP contribution in [-0.4, -0.2) is 43.4 Å². The summed E-state index contributed by atoms with van der Waals surface area (Å²) in [6.07, 6.45) is 5.21. The van der Waals surface area contributed by atoms with Crippen LogP contribution in [0.5, 0.6) is 0 Å². The van der Waals surface area contributed by atoms with Crippen molar-refractivity contribution in [1.82, 2.24) is 10.2 Å². The molecule has 0 bridgehead atoms. The summed E-state index contributed by atoms with van der Waals surface area (Å²) < 4.78 is 0. The van der Waals surface area contributed by atoms with Gasteiger partial charge in [0.2, 0.25) is 5.91 Å². The lowest BCUT2D eigenvalue weighted by Gasteiger charge is -2.34. The predicted octanol–water partition coefficient (Wildman–Crippen LogP) is 2.13. The molecule has 1 aromatic carbocycles. The van der Waals surface area contributed by atoms with Crippen LogP contribution in [0.1, 0.15) is 42.7 Å². The summed E-state index contributed by atoms with van der Waals surface area (Å²) in [5.41, 5.74) is 8.51. The minimum absolute atomic E-state index is 0.194. The lowest BCUT2D eigenvalue weighted by Crippen LogP contribution is -2.47. The number of piperidine rings is 1. The van der Waals surface area contributed by atoms with E-state index in [9.17, 15) is 4.79 Å². The maximum Gasteiger partial charge on any atom is 0.217 e. The molecule has 2 fully saturated rings. The molecule has 140 valence electrons. The molecule has 3 aliphatic rings. The zero-order chi connectivity index (χ0) is 18.1. The summed E-state index contributed by atoms with van der Waals surface area (Å²) in [6, 6.07) is 8.95. The van der Waals surface area contributed by atoms with E-state index in [0.717, 1.165) is 56.2 Å². The van der Waals surface area contributed by atoms with Gasteiger partial charge in [0.1, 0.15) is 0 Å². The molecule has 4 atom stereocenters. The molecular weight excluding hydrogens is 324 g/mol. The van der Waals surface area contributed by atoms with E-state index in [1.54, 1.807) is 11.1 Å². The SMILES string of the molecule is CN=C(NCC1C2CCc3ccccc3C21)N1CCCC(CC(N)=O)C1. The minimum Gasteiger partial charge on any atom is -0.370 e. The molecule has 1 saturated carbocycles. The van der Waals surface area contributed by atoms with Crippen LogP contribution in [0.4, 0.5) is 0 Å². The molecule has 1 amide bonds. The molecule has 0 radical (unpaired) electrons. The van der Waals surface area contributed by atoms with Gasteiger partial charge in [0.15, 0.2) is 5.96 Å². The number of fused-ring (bicyclic) bond motifs is 3. The number of aliphatic imine (C=N–C) groups is 1. The van der Waals surface area contributed by atoms with Crippen molar-refractivity contribution in [2.75, 3.05) is 26.7 Å². The van der Waals surface area contributed by atoms with Gasteiger partial charge in [-0.25, -0.2) is 0 Å². The van der Waals surface area contributed by atoms with Crippen molar-refractivity contribution in [2.24, 2.45) is 28.5 Å². The monoisotopic (exact) mass is 354 g/mol. The van der Waals surface area contributed by atoms with E-state index in [1.165, 1.54) is 12.8 Å². The maximum absolute atomic E-state index is 11.2. The fraction of sp³-hybridized carbons (Fsp3) is 0.619. The van der Waals surface area contributed by atoms with Crippen molar-refractivity contribution in [3.05, 3.63) is 35.4 Å². The molecule has 4 unspecified atom stereocenters. The van der Waals surface area contributed by atoms with Crippen LogP contribution in [0.25, 0.3) is 0 Å². The zero-order valence-corrected chi connectivity index (χ0v) is 15.7. The van der Waals surface area contributed by atoms with E-state index >= 15 is 0 Å². The number of guanidine groups is 1. The normalized spacial score (nSPS) is 30.3. The first-order chi connectivity index (χ1) is 12.7. The third-order valence-corrected chi connectivity index (χ3v) is 6.51. The molecule has 1 heterocycles. The summed E-state index contributed by atoms with van der Waals surface area (Å²) in [7, 11) is 1.86. The number of hydrogen-bond donors (Lipinski definition) is 2. The van der Waals surface area contributed by atoms with Crippen LogP contribution in [0, 0.1) is 17.8 Å². The maximum atomic E-state index is 11.2. The number of amides is 1. The van der Waals surface area contributed by atoms with Crippen molar-refractivity contribution in [3.63, 3.8) is 0 Å². The minimum atomic E-state index is -0.194. The van der Waals surface area contributed by atoms with Crippen LogP contribution in [-0.2, 0) is 11.2 Å². The highest BCUT2D eigenvalue weighted by Crippen LogP contribution is 2.59. The number of rotatable bonds is 4. The highest BCUT2D eigenvalue weighted by atomic mass is 16.1. The van der Waals surface area contributed by atoms with Gasteiger partial charge >= 0.3 is 0 Å². The predicted molar refractivity (Wildman–Crippen MR) is 104 cm³/mol. The number of carbonyl (C=O) groups is 1. The summed E-state index contributed by atoms with van der Waals surface area (Å²) in [6.45, 7) is 2.88. The van der Waals surface area contributed by atoms with Crippen molar-refractivity contribution >= 4 is 11.9 Å². The van der Waals surface area contributed by atoms with Crippen LogP contribution < -0.4 is 11.1 Å². The van der Waals surface area contributed by atoms with E-state index in [0.29, 0.717) is 12.3 Å². The number of hydrogen-bond acceptors (Lipinski definition) is 2. The summed E-state index contributed by atoms with van der Waals surface area (Å²) >= 11 is 0. The van der Waals surface area contributed by atoms with Crippen molar-refractivity contribution in [3.8, 4) is 0 Å². The number of nitrogens with one attached hydrogen (secondary N) is 1. The number of likely N-dealkylation sites (tertiary alicyclic amines) is 1. The number of nitrogens with two attached hydrogens (primary N) is 1. The van der Waals surface area contributed by atoms with E-state index in [2.05, 4.69) is 39.5 Å². The second-order valence-electron chi connectivity index (χ2n) is 8.14. The Hall–Kier alpha value is -2.04. The van der Waals surface area contributed by atoms with Crippen LogP contribution in [0.3, 0.4) is 0 Å². The highest BCUT2D eigenvalue weighted by molar-refractivity contribution is 5.80. The Morgan fingerprint density at radius 3 is 3.00 bits per heavy atom. The first-order valence-electron chi connectivity index (χ1n) is 9.99. The summed E-state index contributed by atoms with van der Waals surface area (Å²) in [5.74, 6) is 3.43. The fourth-order valence-electron chi connectivity index (χ4n) is 5.24. The van der Waals surface area contributed by atoms with E-state index < -0.39 is 0 Å². The smallest absolute Gasteiger partial charge is 0.217 e. The molecule has 5 nitrogen and oxygen atoms in total. The van der Waals surface area contributed by atoms with Gasteiger partial charge in [-0.05, 0) is 60.5 Å². The van der Waals surface area contributed by atoms with Gasteiger partial charge in [0.25, 0.3) is 0 Å². The molecule has 2 aliphatic carbocycles. The van der Waals surface area contributed by atoms with Gasteiger partial charge in [0, 0.05) is 33.1 Å². The van der Waals surface area contributed by atoms with Crippen molar-refractivity contribution in [2.45, 2.75) is 38.0 Å². The van der Waals surface area contributed by atoms with Crippen LogP contribution >= 0.6 is 0 Å². The molecular formula is C21H30N4O. The van der Waals surface area contributed by atoms with Crippen molar-refractivity contribution < 1.29 is 4.79 Å². The first-order valence-corrected chi connectivity index (χ1v) is 9.99. The summed E-state index contributed by atoms with van der Waals surface area (Å²) in [5, 5.41) is 3.62. The third kappa shape index (κ3) is 3.44. The largest absolute Gasteiger partial charge is 0.370 e. The number of primary amides is 1. The zero-order valence-electron chi connectivity index (χ0n) is 15.7. The standard InChI is InChI=1S/C21H30N4O/c1-23-21(25-10-4-5-14(13-25)11-19(22)26)24-12-18-17-9-8-15-6-2-3-7-16(15)20(17)18/h2-3,6-7,14,17-18,20H,4-5,8-13H2,1H3,(H2,22,26)(H,23,24). The molecule has 0 aromatic heterocycles. The Labute approximate surface area is 156 Å². The van der Waals surface area contributed by atoms with Crippen LogP contribution in [0.2, 0.25) is 0 Å². The Morgan fingerprint density at radius 1 is 1.35 bits per heavy atom. The Morgan fingerprint density at radius 2 is 2.19 bits per heavy atom. The Kier molecular flexibility index (Phi) is 4.88. The topological polar surface area (TPSA) is 70.7 Å². The highest BCUT2D eigenvalue weighted by Gasteiger charge is 2.52. The van der Waals surface area contributed by atoms with Crippen LogP contribution in [0.15, 0.2) is 29.3 Å². The molecule has 1 saturated heterocycles. The lowest BCUT2D eigenvalue weighted by molar-refractivity contribution is -0.119. The van der Waals surface area contributed by atoms with E-state index in [-0.39, 0.29) is 5.91 Å². The Balaban J connectivity index is 1.34. The van der Waals surface area contributed by atoms with Gasteiger partial charge in [-0.2, -0.15) is 0 Å². The third-order valence-electron chi connectivity index (χ3n) is 6.51. The average Bonchev–Trinajstić information content (AvgIpc) is 3.36. The molecule has 5 heteroatoms. The van der Waals surface area contributed by atoms with Crippen molar-refractivity contribution in [1.29, 1.82) is 0 Å². The van der Waals surface area contributed by atoms with Gasteiger partial charge in [-0.15, -0.1) is 0 Å². The van der Waals surface area contributed by atoms with E-state index in [1.807, 2.05) is 7.05 Å². The number of nitrogens with zero attached hydrogens (tertiary/aromatic N) is 2. The molecule has 4 rings (SSSR count). The molecule has 3 N–H and O–H groups in total. The second-order valence-corrected chi connectivity index (χ2v) is 8.14. The molecule has 26 heavy (non-hydrogen) atoms. The molecule has 1 aliphatic heterocycles. The molecule has 1 aromatic rings. The number of carbonyl (C=O) groups excluding carboxylic acids is 1. The number of benzene rings is 1. The second kappa shape index (κ2) is 7.29. The lowest BCUT2D eigenvalue weighted by atomic mass is 9.92. The first kappa shape index (κ1) is 17.4. The number of aryl methyl sites for hydroxylation is 1. The Bertz CT molecular complexity index is 701. The molecule has 0 spiro atoms.